The highest BCUT2D eigenvalue weighted by Crippen LogP contribution is 2.35. The van der Waals surface area contributed by atoms with Crippen molar-refractivity contribution in [2.24, 2.45) is 0 Å². The summed E-state index contributed by atoms with van der Waals surface area (Å²) < 4.78 is 18.6. The molecule has 1 aromatic rings. The van der Waals surface area contributed by atoms with Crippen molar-refractivity contribution in [2.75, 3.05) is 24.3 Å². The Morgan fingerprint density at radius 2 is 2.22 bits per heavy atom. The summed E-state index contributed by atoms with van der Waals surface area (Å²) in [6, 6.07) is 3.57. The molecule has 0 saturated carbocycles. The molecular formula is C14H21FN2O. The molecule has 3 nitrogen and oxygen atoms in total. The van der Waals surface area contributed by atoms with E-state index in [1.807, 2.05) is 0 Å². The first kappa shape index (κ1) is 13.0. The highest BCUT2D eigenvalue weighted by molar-refractivity contribution is 5.70. The van der Waals surface area contributed by atoms with Crippen LogP contribution in [0.15, 0.2) is 12.1 Å². The van der Waals surface area contributed by atoms with Crippen LogP contribution in [0.25, 0.3) is 0 Å². The Morgan fingerprint density at radius 3 is 2.89 bits per heavy atom. The van der Waals surface area contributed by atoms with E-state index in [9.17, 15) is 4.39 Å². The summed E-state index contributed by atoms with van der Waals surface area (Å²) in [6.07, 6.45) is 4.68. The topological polar surface area (TPSA) is 38.5 Å². The van der Waals surface area contributed by atoms with E-state index in [0.29, 0.717) is 11.7 Å². The molecule has 0 amide bonds. The number of hydrogen-bond donors (Lipinski definition) is 1. The summed E-state index contributed by atoms with van der Waals surface area (Å²) in [7, 11) is 1.48. The van der Waals surface area contributed by atoms with Crippen LogP contribution in [0.2, 0.25) is 0 Å². The molecule has 0 aliphatic carbocycles. The zero-order valence-corrected chi connectivity index (χ0v) is 11.1. The molecule has 1 saturated heterocycles. The van der Waals surface area contributed by atoms with Gasteiger partial charge in [-0.3, -0.25) is 0 Å². The molecule has 1 aliphatic rings. The van der Waals surface area contributed by atoms with Gasteiger partial charge in [-0.05, 0) is 25.7 Å². The molecular weight excluding hydrogens is 231 g/mol. The molecule has 2 N–H and O–H groups in total. The van der Waals surface area contributed by atoms with E-state index in [1.54, 1.807) is 6.07 Å². The SMILES string of the molecule is CCC1CCCCN1c1cc(OC)c(F)cc1N. The highest BCUT2D eigenvalue weighted by atomic mass is 19.1. The zero-order chi connectivity index (χ0) is 13.1. The van der Waals surface area contributed by atoms with Crippen molar-refractivity contribution in [3.05, 3.63) is 17.9 Å². The summed E-state index contributed by atoms with van der Waals surface area (Å²) in [5.41, 5.74) is 7.35. The molecule has 0 aromatic heterocycles. The van der Waals surface area contributed by atoms with Gasteiger partial charge in [0.15, 0.2) is 11.6 Å². The number of nitrogens with zero attached hydrogens (tertiary/aromatic N) is 1. The molecule has 0 radical (unpaired) electrons. The fourth-order valence-corrected chi connectivity index (χ4v) is 2.71. The van der Waals surface area contributed by atoms with Crippen molar-refractivity contribution in [3.63, 3.8) is 0 Å². The maximum absolute atomic E-state index is 13.6. The maximum Gasteiger partial charge on any atom is 0.167 e. The predicted octanol–water partition coefficient (Wildman–Crippen LogP) is 3.19. The number of benzene rings is 1. The molecule has 1 unspecified atom stereocenters. The van der Waals surface area contributed by atoms with Gasteiger partial charge in [0, 0.05) is 24.7 Å². The summed E-state index contributed by atoms with van der Waals surface area (Å²) in [4.78, 5) is 2.29. The van der Waals surface area contributed by atoms with E-state index in [2.05, 4.69) is 11.8 Å². The van der Waals surface area contributed by atoms with Gasteiger partial charge in [0.05, 0.1) is 18.5 Å². The third kappa shape index (κ3) is 2.37. The minimum absolute atomic E-state index is 0.264. The number of methoxy groups -OCH3 is 1. The maximum atomic E-state index is 13.6. The van der Waals surface area contributed by atoms with Crippen LogP contribution >= 0.6 is 0 Å². The minimum Gasteiger partial charge on any atom is -0.494 e. The summed E-state index contributed by atoms with van der Waals surface area (Å²) >= 11 is 0. The van der Waals surface area contributed by atoms with Crippen LogP contribution in [0, 0.1) is 5.82 Å². The number of hydrogen-bond acceptors (Lipinski definition) is 3. The van der Waals surface area contributed by atoms with E-state index in [1.165, 1.54) is 26.0 Å². The number of rotatable bonds is 3. The molecule has 4 heteroatoms. The van der Waals surface area contributed by atoms with Crippen molar-refractivity contribution < 1.29 is 9.13 Å². The van der Waals surface area contributed by atoms with Gasteiger partial charge in [0.2, 0.25) is 0 Å². The molecule has 0 bridgehead atoms. The fourth-order valence-electron chi connectivity index (χ4n) is 2.71. The number of nitrogens with two attached hydrogens (primary N) is 1. The number of nitrogen functional groups attached to an aromatic ring is 1. The van der Waals surface area contributed by atoms with Gasteiger partial charge in [0.25, 0.3) is 0 Å². The van der Waals surface area contributed by atoms with Crippen LogP contribution in [0.5, 0.6) is 5.75 Å². The lowest BCUT2D eigenvalue weighted by Gasteiger charge is -2.38. The lowest BCUT2D eigenvalue weighted by molar-refractivity contribution is 0.385. The Hall–Kier alpha value is -1.45. The first-order valence-corrected chi connectivity index (χ1v) is 6.57. The number of halogens is 1. The first-order chi connectivity index (χ1) is 8.67. The van der Waals surface area contributed by atoms with Crippen molar-refractivity contribution in [3.8, 4) is 5.75 Å². The van der Waals surface area contributed by atoms with Crippen molar-refractivity contribution in [2.45, 2.75) is 38.6 Å². The predicted molar refractivity (Wildman–Crippen MR) is 72.6 cm³/mol. The minimum atomic E-state index is -0.399. The van der Waals surface area contributed by atoms with Crippen molar-refractivity contribution >= 4 is 11.4 Å². The number of ether oxygens (including phenoxy) is 1. The average molecular weight is 252 g/mol. The largest absolute Gasteiger partial charge is 0.494 e. The van der Waals surface area contributed by atoms with Crippen molar-refractivity contribution in [1.29, 1.82) is 0 Å². The van der Waals surface area contributed by atoms with Gasteiger partial charge in [-0.2, -0.15) is 0 Å². The average Bonchev–Trinajstić information content (AvgIpc) is 2.39. The number of anilines is 2. The van der Waals surface area contributed by atoms with Gasteiger partial charge >= 0.3 is 0 Å². The van der Waals surface area contributed by atoms with E-state index in [4.69, 9.17) is 10.5 Å². The Labute approximate surface area is 108 Å². The van der Waals surface area contributed by atoms with Crippen LogP contribution in [-0.2, 0) is 0 Å². The van der Waals surface area contributed by atoms with Crippen LogP contribution in [0.3, 0.4) is 0 Å². The second kappa shape index (κ2) is 5.46. The molecule has 0 spiro atoms. The summed E-state index contributed by atoms with van der Waals surface area (Å²) in [5.74, 6) is -0.136. The molecule has 1 aliphatic heterocycles. The highest BCUT2D eigenvalue weighted by Gasteiger charge is 2.23. The second-order valence-electron chi connectivity index (χ2n) is 4.80. The Bertz CT molecular complexity index is 423. The van der Waals surface area contributed by atoms with E-state index < -0.39 is 5.82 Å². The van der Waals surface area contributed by atoms with Crippen molar-refractivity contribution in [1.82, 2.24) is 0 Å². The van der Waals surface area contributed by atoms with Gasteiger partial charge in [0.1, 0.15) is 0 Å². The standard InChI is InChI=1S/C14H21FN2O/c1-3-10-6-4-5-7-17(10)13-9-14(18-2)11(15)8-12(13)16/h8-10H,3-7,16H2,1-2H3. The van der Waals surface area contributed by atoms with E-state index in [0.717, 1.165) is 25.1 Å². The zero-order valence-electron chi connectivity index (χ0n) is 11.1. The Kier molecular flexibility index (Phi) is 3.94. The summed E-state index contributed by atoms with van der Waals surface area (Å²) in [5, 5.41) is 0. The monoisotopic (exact) mass is 252 g/mol. The molecule has 1 atom stereocenters. The lowest BCUT2D eigenvalue weighted by atomic mass is 9.99. The van der Waals surface area contributed by atoms with Gasteiger partial charge in [-0.1, -0.05) is 6.92 Å². The first-order valence-electron chi connectivity index (χ1n) is 6.57. The van der Waals surface area contributed by atoms with Crippen LogP contribution in [0.4, 0.5) is 15.8 Å². The van der Waals surface area contributed by atoms with Gasteiger partial charge in [-0.15, -0.1) is 0 Å². The Morgan fingerprint density at radius 1 is 1.44 bits per heavy atom. The number of piperidine rings is 1. The quantitative estimate of drug-likeness (QED) is 0.840. The van der Waals surface area contributed by atoms with Crippen LogP contribution in [-0.4, -0.2) is 19.7 Å². The van der Waals surface area contributed by atoms with Gasteiger partial charge in [-0.25, -0.2) is 4.39 Å². The smallest absolute Gasteiger partial charge is 0.167 e. The fraction of sp³-hybridized carbons (Fsp3) is 0.571. The lowest BCUT2D eigenvalue weighted by Crippen LogP contribution is -2.39. The third-order valence-corrected chi connectivity index (χ3v) is 3.71. The van der Waals surface area contributed by atoms with Gasteiger partial charge < -0.3 is 15.4 Å². The third-order valence-electron chi connectivity index (χ3n) is 3.71. The Balaban J connectivity index is 2.36. The second-order valence-corrected chi connectivity index (χ2v) is 4.80. The molecule has 100 valence electrons. The molecule has 1 aromatic carbocycles. The van der Waals surface area contributed by atoms with E-state index in [-0.39, 0.29) is 5.75 Å². The van der Waals surface area contributed by atoms with Crippen LogP contribution < -0.4 is 15.4 Å². The van der Waals surface area contributed by atoms with Crippen LogP contribution in [0.1, 0.15) is 32.6 Å². The normalized spacial score (nSPS) is 19.9. The molecule has 2 rings (SSSR count). The summed E-state index contributed by atoms with van der Waals surface area (Å²) in [6.45, 7) is 3.16. The molecule has 18 heavy (non-hydrogen) atoms. The molecule has 1 fully saturated rings. The van der Waals surface area contributed by atoms with E-state index >= 15 is 0 Å². The molecule has 1 heterocycles.